The molecule has 0 saturated heterocycles. The summed E-state index contributed by atoms with van der Waals surface area (Å²) in [6.07, 6.45) is 1.73. The van der Waals surface area contributed by atoms with E-state index in [4.69, 9.17) is 37.4 Å². The van der Waals surface area contributed by atoms with E-state index in [1.807, 2.05) is 43.3 Å². The van der Waals surface area contributed by atoms with Crippen LogP contribution in [0.1, 0.15) is 43.5 Å². The van der Waals surface area contributed by atoms with Gasteiger partial charge in [0.05, 0.1) is 39.5 Å². The van der Waals surface area contributed by atoms with Gasteiger partial charge in [0, 0.05) is 15.6 Å². The molecular weight excluding hydrogens is 675 g/mol. The maximum atomic E-state index is 14.1. The molecule has 3 aromatic carbocycles. The minimum atomic E-state index is -0.736. The van der Waals surface area contributed by atoms with Gasteiger partial charge in [-0.25, -0.2) is 9.79 Å². The van der Waals surface area contributed by atoms with Gasteiger partial charge >= 0.3 is 5.97 Å². The summed E-state index contributed by atoms with van der Waals surface area (Å²) in [5.74, 6) is 0.694. The van der Waals surface area contributed by atoms with Crippen LogP contribution < -0.4 is 24.4 Å². The third-order valence-corrected chi connectivity index (χ3v) is 8.69. The number of aromatic nitrogens is 1. The molecule has 7 nitrogen and oxygen atoms in total. The highest BCUT2D eigenvalue weighted by atomic mass is 79.9. The number of rotatable bonds is 9. The van der Waals surface area contributed by atoms with Crippen molar-refractivity contribution in [2.45, 2.75) is 33.4 Å². The predicted molar refractivity (Wildman–Crippen MR) is 173 cm³/mol. The van der Waals surface area contributed by atoms with Crippen LogP contribution in [0.5, 0.6) is 11.5 Å². The van der Waals surface area contributed by atoms with Crippen molar-refractivity contribution in [2.75, 3.05) is 13.2 Å². The SMILES string of the molecule is CCOC(=O)C1=C(C)N=c2s/c(=C\c3cc(Cl)cc(Br)c3OCc3ccc(Cl)cc3)c(=O)n2[C@@H]1c1ccc(OCC)cc1. The molecule has 2 heterocycles. The number of carbonyl (C=O) groups is 1. The molecule has 0 unspecified atom stereocenters. The first-order valence-corrected chi connectivity index (χ1v) is 15.8. The second-order valence-electron chi connectivity index (χ2n) is 9.53. The van der Waals surface area contributed by atoms with Crippen LogP contribution in [0.2, 0.25) is 10.0 Å². The van der Waals surface area contributed by atoms with E-state index in [0.29, 0.717) is 58.8 Å². The number of halogens is 3. The number of carbonyl (C=O) groups excluding carboxylic acids is 1. The van der Waals surface area contributed by atoms with E-state index in [0.717, 1.165) is 11.1 Å². The molecule has 1 aliphatic heterocycles. The molecule has 1 aliphatic rings. The molecule has 0 saturated carbocycles. The maximum absolute atomic E-state index is 14.1. The van der Waals surface area contributed by atoms with E-state index in [2.05, 4.69) is 20.9 Å². The van der Waals surface area contributed by atoms with Crippen molar-refractivity contribution in [3.63, 3.8) is 0 Å². The molecule has 0 radical (unpaired) electrons. The highest BCUT2D eigenvalue weighted by Crippen LogP contribution is 2.35. The van der Waals surface area contributed by atoms with Gasteiger partial charge in [0.1, 0.15) is 18.1 Å². The van der Waals surface area contributed by atoms with Crippen LogP contribution in [0.4, 0.5) is 0 Å². The van der Waals surface area contributed by atoms with Crippen molar-refractivity contribution in [3.05, 3.63) is 123 Å². The van der Waals surface area contributed by atoms with Crippen molar-refractivity contribution in [3.8, 4) is 11.5 Å². The molecule has 4 aromatic rings. The second-order valence-corrected chi connectivity index (χ2v) is 12.3. The standard InChI is InChI=1S/C32H27BrCl2N2O5S/c1-4-40-24-12-8-20(9-13-24)28-27(31(39)41-5-2)18(3)36-32-37(28)30(38)26(43-32)15-21-14-23(35)16-25(33)29(21)42-17-19-6-10-22(34)11-7-19/h6-16,28H,4-5,17H2,1-3H3/b26-15-/t28-/m1/s1. The van der Waals surface area contributed by atoms with Crippen molar-refractivity contribution in [2.24, 2.45) is 4.99 Å². The Morgan fingerprint density at radius 1 is 1.02 bits per heavy atom. The number of esters is 1. The molecule has 11 heteroatoms. The zero-order valence-electron chi connectivity index (χ0n) is 23.5. The van der Waals surface area contributed by atoms with Gasteiger partial charge in [-0.3, -0.25) is 9.36 Å². The van der Waals surface area contributed by atoms with Crippen LogP contribution in [-0.2, 0) is 16.1 Å². The van der Waals surface area contributed by atoms with Gasteiger partial charge in [0.2, 0.25) is 0 Å². The quantitative estimate of drug-likeness (QED) is 0.179. The lowest BCUT2D eigenvalue weighted by Gasteiger charge is -2.24. The first-order chi connectivity index (χ1) is 20.7. The van der Waals surface area contributed by atoms with Gasteiger partial charge < -0.3 is 14.2 Å². The summed E-state index contributed by atoms with van der Waals surface area (Å²) < 4.78 is 19.8. The van der Waals surface area contributed by atoms with Crippen LogP contribution in [0.25, 0.3) is 6.08 Å². The predicted octanol–water partition coefficient (Wildman–Crippen LogP) is 6.85. The van der Waals surface area contributed by atoms with Crippen LogP contribution in [-0.4, -0.2) is 23.8 Å². The fourth-order valence-electron chi connectivity index (χ4n) is 4.74. The van der Waals surface area contributed by atoms with Crippen molar-refractivity contribution in [1.82, 2.24) is 4.57 Å². The molecule has 0 N–H and O–H groups in total. The molecule has 222 valence electrons. The highest BCUT2D eigenvalue weighted by Gasteiger charge is 2.33. The second kappa shape index (κ2) is 13.5. The molecule has 43 heavy (non-hydrogen) atoms. The molecule has 0 amide bonds. The third kappa shape index (κ3) is 6.75. The zero-order valence-corrected chi connectivity index (χ0v) is 27.4. The lowest BCUT2D eigenvalue weighted by Crippen LogP contribution is -2.39. The van der Waals surface area contributed by atoms with Gasteiger partial charge in [0.15, 0.2) is 4.80 Å². The van der Waals surface area contributed by atoms with Crippen LogP contribution in [0, 0.1) is 0 Å². The first kappa shape index (κ1) is 31.1. The Balaban J connectivity index is 1.63. The average Bonchev–Trinajstić information content (AvgIpc) is 3.27. The Bertz CT molecular complexity index is 1880. The number of ether oxygens (including phenoxy) is 3. The maximum Gasteiger partial charge on any atom is 0.338 e. The summed E-state index contributed by atoms with van der Waals surface area (Å²) in [4.78, 5) is 32.4. The summed E-state index contributed by atoms with van der Waals surface area (Å²) in [7, 11) is 0. The lowest BCUT2D eigenvalue weighted by atomic mass is 9.96. The largest absolute Gasteiger partial charge is 0.494 e. The molecule has 0 bridgehead atoms. The molecule has 0 aliphatic carbocycles. The van der Waals surface area contributed by atoms with Gasteiger partial charge in [-0.2, -0.15) is 0 Å². The lowest BCUT2D eigenvalue weighted by molar-refractivity contribution is -0.139. The van der Waals surface area contributed by atoms with Crippen LogP contribution >= 0.6 is 50.5 Å². The van der Waals surface area contributed by atoms with Gasteiger partial charge in [0.25, 0.3) is 5.56 Å². The molecule has 0 fully saturated rings. The number of hydrogen-bond donors (Lipinski definition) is 0. The topological polar surface area (TPSA) is 79.1 Å². The van der Waals surface area contributed by atoms with Gasteiger partial charge in [-0.15, -0.1) is 0 Å². The Morgan fingerprint density at radius 3 is 2.42 bits per heavy atom. The summed E-state index contributed by atoms with van der Waals surface area (Å²) in [6.45, 7) is 6.39. The normalized spacial score (nSPS) is 14.7. The average molecular weight is 702 g/mol. The fraction of sp³-hybridized carbons (Fsp3) is 0.219. The van der Waals surface area contributed by atoms with E-state index in [1.165, 1.54) is 11.3 Å². The molecule has 5 rings (SSSR count). The number of hydrogen-bond acceptors (Lipinski definition) is 7. The minimum absolute atomic E-state index is 0.193. The van der Waals surface area contributed by atoms with Crippen LogP contribution in [0.3, 0.4) is 0 Å². The zero-order chi connectivity index (χ0) is 30.7. The third-order valence-electron chi connectivity index (χ3n) is 6.64. The molecule has 1 aromatic heterocycles. The van der Waals surface area contributed by atoms with E-state index in [1.54, 1.807) is 48.8 Å². The molecular formula is C32H27BrCl2N2O5S. The highest BCUT2D eigenvalue weighted by molar-refractivity contribution is 9.10. The summed E-state index contributed by atoms with van der Waals surface area (Å²) in [5.41, 5.74) is 2.75. The number of allylic oxidation sites excluding steroid dienone is 1. The summed E-state index contributed by atoms with van der Waals surface area (Å²) in [6, 6.07) is 17.4. The van der Waals surface area contributed by atoms with E-state index >= 15 is 0 Å². The van der Waals surface area contributed by atoms with Gasteiger partial charge in [-0.05, 0) is 90.3 Å². The minimum Gasteiger partial charge on any atom is -0.494 e. The van der Waals surface area contributed by atoms with Crippen molar-refractivity contribution >= 4 is 62.5 Å². The Hall–Kier alpha value is -3.37. The van der Waals surface area contributed by atoms with E-state index in [-0.39, 0.29) is 18.8 Å². The summed E-state index contributed by atoms with van der Waals surface area (Å²) >= 11 is 17.2. The Morgan fingerprint density at radius 2 is 1.74 bits per heavy atom. The van der Waals surface area contributed by atoms with Gasteiger partial charge in [-0.1, -0.05) is 58.8 Å². The fourth-order valence-corrected chi connectivity index (χ4v) is 6.85. The van der Waals surface area contributed by atoms with E-state index < -0.39 is 12.0 Å². The van der Waals surface area contributed by atoms with Crippen LogP contribution in [0.15, 0.2) is 86.2 Å². The number of fused-ring (bicyclic) bond motifs is 1. The molecule has 0 spiro atoms. The Labute approximate surface area is 270 Å². The monoisotopic (exact) mass is 700 g/mol. The Kier molecular flexibility index (Phi) is 9.76. The number of nitrogens with zero attached hydrogens (tertiary/aromatic N) is 2. The smallest absolute Gasteiger partial charge is 0.338 e. The molecule has 1 atom stereocenters. The van der Waals surface area contributed by atoms with Crippen molar-refractivity contribution < 1.29 is 19.0 Å². The van der Waals surface area contributed by atoms with Crippen molar-refractivity contribution in [1.29, 1.82) is 0 Å². The summed E-state index contributed by atoms with van der Waals surface area (Å²) in [5, 5.41) is 1.11. The van der Waals surface area contributed by atoms with E-state index in [9.17, 15) is 9.59 Å². The number of benzene rings is 3. The first-order valence-electron chi connectivity index (χ1n) is 13.5. The number of thiazole rings is 1.